The molecular weight excluding hydrogens is 711 g/mol. The van der Waals surface area contributed by atoms with E-state index in [9.17, 15) is 0 Å². The van der Waals surface area contributed by atoms with Crippen LogP contribution in [-0.2, 0) is 0 Å². The molecule has 0 saturated heterocycles. The SMILES string of the molecule is c1ccc(-c2ccccc2-c2ccc(N(c3ccc(-c4cc5ccccc5c5ccccc45)cc3)c3ccccc3-c3ccc4ccc5ccccc5c4c3)cc2)cc1. The summed E-state index contributed by atoms with van der Waals surface area (Å²) in [5.74, 6) is 0. The lowest BCUT2D eigenvalue weighted by Crippen LogP contribution is -2.11. The van der Waals surface area contributed by atoms with Gasteiger partial charge in [-0.2, -0.15) is 0 Å². The van der Waals surface area contributed by atoms with Crippen molar-refractivity contribution in [2.24, 2.45) is 0 Å². The van der Waals surface area contributed by atoms with Crippen LogP contribution in [0.3, 0.4) is 0 Å². The van der Waals surface area contributed by atoms with Gasteiger partial charge in [-0.25, -0.2) is 0 Å². The van der Waals surface area contributed by atoms with Gasteiger partial charge in [0.05, 0.1) is 5.69 Å². The molecule has 0 radical (unpaired) electrons. The highest BCUT2D eigenvalue weighted by Crippen LogP contribution is 2.44. The Kier molecular flexibility index (Phi) is 8.56. The van der Waals surface area contributed by atoms with Crippen LogP contribution in [0.1, 0.15) is 0 Å². The van der Waals surface area contributed by atoms with Crippen LogP contribution in [0.25, 0.3) is 87.6 Å². The van der Waals surface area contributed by atoms with E-state index in [2.05, 4.69) is 241 Å². The molecule has 0 aromatic heterocycles. The number of anilines is 3. The first-order valence-corrected chi connectivity index (χ1v) is 20.3. The molecule has 0 saturated carbocycles. The zero-order valence-corrected chi connectivity index (χ0v) is 32.5. The van der Waals surface area contributed by atoms with Crippen molar-refractivity contribution in [3.8, 4) is 44.5 Å². The molecule has 276 valence electrons. The predicted molar refractivity (Wildman–Crippen MR) is 253 cm³/mol. The Hall–Kier alpha value is -7.74. The van der Waals surface area contributed by atoms with Crippen LogP contribution in [0, 0.1) is 0 Å². The average molecular weight is 750 g/mol. The number of nitrogens with zero attached hydrogens (tertiary/aromatic N) is 1. The standard InChI is InChI=1S/C58H39N/c1-2-14-40(15-3-1)49-18-8-9-19-50(49)42-30-34-47(35-31-42)59(48-36-32-44(33-37-48)57-38-45-17-5-7-21-52(45)54-23-10-11-24-55(54)57)58-25-13-12-22-53(58)46-29-28-43-27-26-41-16-4-6-20-51(41)56(43)39-46/h1-39H. The Morgan fingerprint density at radius 2 is 0.661 bits per heavy atom. The zero-order valence-electron chi connectivity index (χ0n) is 32.5. The highest BCUT2D eigenvalue weighted by Gasteiger charge is 2.19. The summed E-state index contributed by atoms with van der Waals surface area (Å²) >= 11 is 0. The molecule has 0 spiro atoms. The maximum atomic E-state index is 2.41. The first-order valence-electron chi connectivity index (χ1n) is 20.3. The van der Waals surface area contributed by atoms with Crippen LogP contribution in [0.15, 0.2) is 237 Å². The van der Waals surface area contributed by atoms with E-state index >= 15 is 0 Å². The molecule has 59 heavy (non-hydrogen) atoms. The number of hydrogen-bond acceptors (Lipinski definition) is 1. The Morgan fingerprint density at radius 3 is 1.34 bits per heavy atom. The normalized spacial score (nSPS) is 11.4. The second-order valence-electron chi connectivity index (χ2n) is 15.3. The quantitative estimate of drug-likeness (QED) is 0.147. The van der Waals surface area contributed by atoms with Crippen LogP contribution in [0.2, 0.25) is 0 Å². The predicted octanol–water partition coefficient (Wildman–Crippen LogP) is 16.4. The summed E-state index contributed by atoms with van der Waals surface area (Å²) in [5, 5.41) is 10.1. The summed E-state index contributed by atoms with van der Waals surface area (Å²) < 4.78 is 0. The zero-order chi connectivity index (χ0) is 39.1. The van der Waals surface area contributed by atoms with Gasteiger partial charge in [0, 0.05) is 16.9 Å². The molecule has 0 unspecified atom stereocenters. The smallest absolute Gasteiger partial charge is 0.0540 e. The molecule has 0 atom stereocenters. The lowest BCUT2D eigenvalue weighted by atomic mass is 9.93. The molecule has 0 fully saturated rings. The van der Waals surface area contributed by atoms with Crippen LogP contribution < -0.4 is 4.90 Å². The molecule has 0 aliphatic carbocycles. The second kappa shape index (κ2) is 14.6. The van der Waals surface area contributed by atoms with Gasteiger partial charge in [-0.15, -0.1) is 0 Å². The molecule has 0 aliphatic heterocycles. The van der Waals surface area contributed by atoms with Crippen molar-refractivity contribution >= 4 is 60.2 Å². The Bertz CT molecular complexity index is 3310. The van der Waals surface area contributed by atoms with E-state index in [1.54, 1.807) is 0 Å². The van der Waals surface area contributed by atoms with E-state index in [0.717, 1.165) is 17.1 Å². The second-order valence-corrected chi connectivity index (χ2v) is 15.3. The molecule has 11 rings (SSSR count). The summed E-state index contributed by atoms with van der Waals surface area (Å²) in [6.07, 6.45) is 0. The minimum Gasteiger partial charge on any atom is -0.310 e. The average Bonchev–Trinajstić information content (AvgIpc) is 3.32. The molecule has 0 amide bonds. The number of benzene rings is 11. The van der Waals surface area contributed by atoms with Crippen molar-refractivity contribution in [2.45, 2.75) is 0 Å². The van der Waals surface area contributed by atoms with Crippen molar-refractivity contribution in [3.05, 3.63) is 237 Å². The van der Waals surface area contributed by atoms with Crippen LogP contribution in [-0.4, -0.2) is 0 Å². The third kappa shape index (κ3) is 6.21. The van der Waals surface area contributed by atoms with E-state index in [4.69, 9.17) is 0 Å². The van der Waals surface area contributed by atoms with E-state index in [1.165, 1.54) is 87.6 Å². The van der Waals surface area contributed by atoms with Gasteiger partial charge >= 0.3 is 0 Å². The lowest BCUT2D eigenvalue weighted by Gasteiger charge is -2.28. The van der Waals surface area contributed by atoms with Gasteiger partial charge in [-0.1, -0.05) is 194 Å². The summed E-state index contributed by atoms with van der Waals surface area (Å²) in [4.78, 5) is 2.41. The van der Waals surface area contributed by atoms with Gasteiger partial charge in [0.1, 0.15) is 0 Å². The Balaban J connectivity index is 1.06. The first kappa shape index (κ1) is 34.5. The minimum atomic E-state index is 1.09. The monoisotopic (exact) mass is 749 g/mol. The van der Waals surface area contributed by atoms with Crippen molar-refractivity contribution in [2.75, 3.05) is 4.90 Å². The van der Waals surface area contributed by atoms with Gasteiger partial charge in [-0.3, -0.25) is 0 Å². The molecule has 0 bridgehead atoms. The summed E-state index contributed by atoms with van der Waals surface area (Å²) in [6, 6.07) is 86.2. The van der Waals surface area contributed by atoms with Crippen molar-refractivity contribution < 1.29 is 0 Å². The molecule has 1 heteroatoms. The molecular formula is C58H39N. The Labute approximate surface area is 344 Å². The fraction of sp³-hybridized carbons (Fsp3) is 0. The third-order valence-electron chi connectivity index (χ3n) is 11.9. The summed E-state index contributed by atoms with van der Waals surface area (Å²) in [5.41, 5.74) is 12.9. The Morgan fingerprint density at radius 1 is 0.220 bits per heavy atom. The number of fused-ring (bicyclic) bond motifs is 6. The van der Waals surface area contributed by atoms with Crippen LogP contribution >= 0.6 is 0 Å². The summed E-state index contributed by atoms with van der Waals surface area (Å²) in [6.45, 7) is 0. The van der Waals surface area contributed by atoms with E-state index < -0.39 is 0 Å². The van der Waals surface area contributed by atoms with Crippen molar-refractivity contribution in [3.63, 3.8) is 0 Å². The minimum absolute atomic E-state index is 1.09. The van der Waals surface area contributed by atoms with Gasteiger partial charge in [0.2, 0.25) is 0 Å². The van der Waals surface area contributed by atoms with Gasteiger partial charge in [0.15, 0.2) is 0 Å². The molecule has 11 aromatic carbocycles. The maximum absolute atomic E-state index is 2.41. The third-order valence-corrected chi connectivity index (χ3v) is 11.9. The highest BCUT2D eigenvalue weighted by molar-refractivity contribution is 6.14. The van der Waals surface area contributed by atoms with Crippen LogP contribution in [0.5, 0.6) is 0 Å². The van der Waals surface area contributed by atoms with E-state index in [0.29, 0.717) is 0 Å². The van der Waals surface area contributed by atoms with Crippen molar-refractivity contribution in [1.29, 1.82) is 0 Å². The fourth-order valence-electron chi connectivity index (χ4n) is 8.99. The molecule has 0 heterocycles. The molecule has 11 aromatic rings. The van der Waals surface area contributed by atoms with Gasteiger partial charge < -0.3 is 4.90 Å². The van der Waals surface area contributed by atoms with E-state index in [-0.39, 0.29) is 0 Å². The first-order chi connectivity index (χ1) is 29.3. The lowest BCUT2D eigenvalue weighted by molar-refractivity contribution is 1.28. The van der Waals surface area contributed by atoms with E-state index in [1.807, 2.05) is 0 Å². The summed E-state index contributed by atoms with van der Waals surface area (Å²) in [7, 11) is 0. The number of para-hydroxylation sites is 1. The molecule has 0 N–H and O–H groups in total. The maximum Gasteiger partial charge on any atom is 0.0540 e. The van der Waals surface area contributed by atoms with Crippen molar-refractivity contribution in [1.82, 2.24) is 0 Å². The van der Waals surface area contributed by atoms with Gasteiger partial charge in [0.25, 0.3) is 0 Å². The van der Waals surface area contributed by atoms with Gasteiger partial charge in [-0.05, 0) is 124 Å². The number of hydrogen-bond donors (Lipinski definition) is 0. The molecule has 0 aliphatic rings. The fourth-order valence-corrected chi connectivity index (χ4v) is 8.99. The number of rotatable bonds is 7. The molecule has 1 nitrogen and oxygen atoms in total. The van der Waals surface area contributed by atoms with Crippen LogP contribution in [0.4, 0.5) is 17.1 Å². The largest absolute Gasteiger partial charge is 0.310 e. The topological polar surface area (TPSA) is 3.24 Å². The highest BCUT2D eigenvalue weighted by atomic mass is 15.1.